The summed E-state index contributed by atoms with van der Waals surface area (Å²) < 4.78 is 0. The zero-order valence-corrected chi connectivity index (χ0v) is 12.6. The number of imidazole rings is 1. The van der Waals surface area contributed by atoms with E-state index in [1.165, 1.54) is 0 Å². The van der Waals surface area contributed by atoms with Crippen molar-refractivity contribution in [3.63, 3.8) is 0 Å². The van der Waals surface area contributed by atoms with Crippen LogP contribution >= 0.6 is 0 Å². The normalized spacial score (nSPS) is 23.7. The SMILES string of the molecule is CCCCNC(=O)[C@@H]1CC[C@H](C)N(Cc2cnc[nH]2)C1. The van der Waals surface area contributed by atoms with E-state index in [4.69, 9.17) is 0 Å². The van der Waals surface area contributed by atoms with Crippen LogP contribution in [0.15, 0.2) is 12.5 Å². The van der Waals surface area contributed by atoms with Gasteiger partial charge in [-0.2, -0.15) is 0 Å². The molecule has 2 atom stereocenters. The van der Waals surface area contributed by atoms with Gasteiger partial charge in [-0.15, -0.1) is 0 Å². The summed E-state index contributed by atoms with van der Waals surface area (Å²) in [4.78, 5) is 21.7. The molecule has 0 radical (unpaired) electrons. The fourth-order valence-corrected chi connectivity index (χ4v) is 2.74. The summed E-state index contributed by atoms with van der Waals surface area (Å²) in [5.41, 5.74) is 1.11. The predicted octanol–water partition coefficient (Wildman–Crippen LogP) is 1.93. The quantitative estimate of drug-likeness (QED) is 0.782. The van der Waals surface area contributed by atoms with Crippen LogP contribution in [-0.2, 0) is 11.3 Å². The molecule has 1 aromatic heterocycles. The number of piperidine rings is 1. The van der Waals surface area contributed by atoms with Gasteiger partial charge in [0.1, 0.15) is 0 Å². The number of carbonyl (C=O) groups is 1. The summed E-state index contributed by atoms with van der Waals surface area (Å²) in [6.45, 7) is 6.88. The fourth-order valence-electron chi connectivity index (χ4n) is 2.74. The number of hydrogen-bond donors (Lipinski definition) is 2. The van der Waals surface area contributed by atoms with E-state index in [0.717, 1.165) is 51.0 Å². The highest BCUT2D eigenvalue weighted by molar-refractivity contribution is 5.78. The maximum atomic E-state index is 12.2. The second-order valence-electron chi connectivity index (χ2n) is 5.77. The minimum atomic E-state index is 0.131. The Morgan fingerprint density at radius 1 is 1.55 bits per heavy atom. The molecule has 1 fully saturated rings. The van der Waals surface area contributed by atoms with E-state index in [-0.39, 0.29) is 11.8 Å². The van der Waals surface area contributed by atoms with Crippen LogP contribution in [0.4, 0.5) is 0 Å². The molecular weight excluding hydrogens is 252 g/mol. The lowest BCUT2D eigenvalue weighted by molar-refractivity contribution is -0.127. The third-order valence-corrected chi connectivity index (χ3v) is 4.14. The molecule has 1 aliphatic rings. The van der Waals surface area contributed by atoms with Crippen LogP contribution in [0.3, 0.4) is 0 Å². The smallest absolute Gasteiger partial charge is 0.224 e. The monoisotopic (exact) mass is 278 g/mol. The van der Waals surface area contributed by atoms with Crippen molar-refractivity contribution in [2.45, 2.75) is 52.1 Å². The Bertz CT molecular complexity index is 404. The standard InChI is InChI=1S/C15H26N4O/c1-3-4-7-17-15(20)13-6-5-12(2)19(9-13)10-14-8-16-11-18-14/h8,11-13H,3-7,9-10H2,1-2H3,(H,16,18)(H,17,20)/t12-,13+/m0/s1. The van der Waals surface area contributed by atoms with Crippen molar-refractivity contribution in [1.82, 2.24) is 20.2 Å². The molecule has 0 saturated carbocycles. The first-order valence-corrected chi connectivity index (χ1v) is 7.69. The molecule has 5 heteroatoms. The molecule has 20 heavy (non-hydrogen) atoms. The molecule has 1 aromatic rings. The minimum Gasteiger partial charge on any atom is -0.356 e. The summed E-state index contributed by atoms with van der Waals surface area (Å²) in [6, 6.07) is 0.526. The molecule has 0 unspecified atom stereocenters. The van der Waals surface area contributed by atoms with E-state index in [1.807, 2.05) is 6.20 Å². The van der Waals surface area contributed by atoms with Crippen molar-refractivity contribution in [3.05, 3.63) is 18.2 Å². The van der Waals surface area contributed by atoms with Crippen LogP contribution in [0, 0.1) is 5.92 Å². The third-order valence-electron chi connectivity index (χ3n) is 4.14. The van der Waals surface area contributed by atoms with Gasteiger partial charge in [0.05, 0.1) is 12.2 Å². The maximum Gasteiger partial charge on any atom is 0.224 e. The Labute approximate surface area is 121 Å². The van der Waals surface area contributed by atoms with Gasteiger partial charge in [0, 0.05) is 37.6 Å². The van der Waals surface area contributed by atoms with Crippen molar-refractivity contribution in [1.29, 1.82) is 0 Å². The van der Waals surface area contributed by atoms with Crippen LogP contribution in [0.2, 0.25) is 0 Å². The lowest BCUT2D eigenvalue weighted by Crippen LogP contribution is -2.46. The van der Waals surface area contributed by atoms with Gasteiger partial charge in [0.15, 0.2) is 0 Å². The second kappa shape index (κ2) is 7.43. The first kappa shape index (κ1) is 15.0. The highest BCUT2D eigenvalue weighted by Crippen LogP contribution is 2.23. The van der Waals surface area contributed by atoms with Crippen LogP contribution in [0.25, 0.3) is 0 Å². The van der Waals surface area contributed by atoms with E-state index >= 15 is 0 Å². The molecule has 1 amide bonds. The summed E-state index contributed by atoms with van der Waals surface area (Å²) in [6.07, 6.45) is 7.83. The number of carbonyl (C=O) groups excluding carboxylic acids is 1. The number of unbranched alkanes of at least 4 members (excludes halogenated alkanes) is 1. The van der Waals surface area contributed by atoms with Crippen molar-refractivity contribution < 1.29 is 4.79 Å². The highest BCUT2D eigenvalue weighted by Gasteiger charge is 2.29. The van der Waals surface area contributed by atoms with Gasteiger partial charge >= 0.3 is 0 Å². The molecule has 2 N–H and O–H groups in total. The Hall–Kier alpha value is -1.36. The van der Waals surface area contributed by atoms with Gasteiger partial charge in [0.25, 0.3) is 0 Å². The van der Waals surface area contributed by atoms with Crippen molar-refractivity contribution >= 4 is 5.91 Å². The maximum absolute atomic E-state index is 12.2. The van der Waals surface area contributed by atoms with E-state index in [1.54, 1.807) is 6.33 Å². The van der Waals surface area contributed by atoms with Crippen LogP contribution in [-0.4, -0.2) is 39.9 Å². The number of likely N-dealkylation sites (tertiary alicyclic amines) is 1. The molecule has 2 rings (SSSR count). The average Bonchev–Trinajstić information content (AvgIpc) is 2.94. The van der Waals surface area contributed by atoms with Crippen LogP contribution < -0.4 is 5.32 Å². The summed E-state index contributed by atoms with van der Waals surface area (Å²) in [5, 5.41) is 3.06. The van der Waals surface area contributed by atoms with Crippen LogP contribution in [0.1, 0.15) is 45.2 Å². The molecule has 1 aliphatic heterocycles. The highest BCUT2D eigenvalue weighted by atomic mass is 16.1. The number of aromatic amines is 1. The largest absolute Gasteiger partial charge is 0.356 e. The van der Waals surface area contributed by atoms with Crippen molar-refractivity contribution in [2.75, 3.05) is 13.1 Å². The molecular formula is C15H26N4O. The van der Waals surface area contributed by atoms with Gasteiger partial charge < -0.3 is 10.3 Å². The summed E-state index contributed by atoms with van der Waals surface area (Å²) >= 11 is 0. The third kappa shape index (κ3) is 4.07. The van der Waals surface area contributed by atoms with Gasteiger partial charge in [-0.1, -0.05) is 13.3 Å². The Balaban J connectivity index is 1.85. The van der Waals surface area contributed by atoms with Gasteiger partial charge in [-0.05, 0) is 26.2 Å². The van der Waals surface area contributed by atoms with Gasteiger partial charge in [0.2, 0.25) is 5.91 Å². The number of amides is 1. The van der Waals surface area contributed by atoms with Crippen molar-refractivity contribution in [3.8, 4) is 0 Å². The molecule has 1 saturated heterocycles. The first-order chi connectivity index (χ1) is 9.70. The summed E-state index contributed by atoms with van der Waals surface area (Å²) in [5.74, 6) is 0.353. The zero-order chi connectivity index (χ0) is 14.4. The topological polar surface area (TPSA) is 61.0 Å². The Kier molecular flexibility index (Phi) is 5.59. The fraction of sp³-hybridized carbons (Fsp3) is 0.733. The lowest BCUT2D eigenvalue weighted by atomic mass is 9.92. The number of H-pyrrole nitrogens is 1. The van der Waals surface area contributed by atoms with Gasteiger partial charge in [-0.25, -0.2) is 4.98 Å². The number of aromatic nitrogens is 2. The average molecular weight is 278 g/mol. The molecule has 2 heterocycles. The van der Waals surface area contributed by atoms with Crippen LogP contribution in [0.5, 0.6) is 0 Å². The minimum absolute atomic E-state index is 0.131. The summed E-state index contributed by atoms with van der Waals surface area (Å²) in [7, 11) is 0. The van der Waals surface area contributed by atoms with E-state index in [9.17, 15) is 4.79 Å². The second-order valence-corrected chi connectivity index (χ2v) is 5.77. The molecule has 5 nitrogen and oxygen atoms in total. The Morgan fingerprint density at radius 3 is 3.10 bits per heavy atom. The molecule has 0 spiro atoms. The molecule has 112 valence electrons. The van der Waals surface area contributed by atoms with Gasteiger partial charge in [-0.3, -0.25) is 9.69 Å². The zero-order valence-electron chi connectivity index (χ0n) is 12.6. The molecule has 0 bridgehead atoms. The predicted molar refractivity (Wildman–Crippen MR) is 79.1 cm³/mol. The molecule has 0 aliphatic carbocycles. The van der Waals surface area contributed by atoms with E-state index in [0.29, 0.717) is 6.04 Å². The van der Waals surface area contributed by atoms with Crippen molar-refractivity contribution in [2.24, 2.45) is 5.92 Å². The molecule has 0 aromatic carbocycles. The Morgan fingerprint density at radius 2 is 2.40 bits per heavy atom. The first-order valence-electron chi connectivity index (χ1n) is 7.69. The number of rotatable bonds is 6. The number of nitrogens with one attached hydrogen (secondary N) is 2. The van der Waals surface area contributed by atoms with E-state index in [2.05, 4.69) is 34.0 Å². The number of hydrogen-bond acceptors (Lipinski definition) is 3. The lowest BCUT2D eigenvalue weighted by Gasteiger charge is -2.37. The number of nitrogens with zero attached hydrogens (tertiary/aromatic N) is 2. The van der Waals surface area contributed by atoms with E-state index < -0.39 is 0 Å².